The molecule has 2 N–H and O–H groups in total. The third-order valence-electron chi connectivity index (χ3n) is 4.31. The molecular weight excluding hydrogens is 334 g/mol. The predicted molar refractivity (Wildman–Crippen MR) is 113 cm³/mol. The number of hydrogen-bond acceptors (Lipinski definition) is 5. The van der Waals surface area contributed by atoms with Crippen molar-refractivity contribution in [1.29, 1.82) is 0 Å². The van der Waals surface area contributed by atoms with E-state index < -0.39 is 0 Å². The van der Waals surface area contributed by atoms with E-state index in [1.165, 1.54) is 5.56 Å². The van der Waals surface area contributed by atoms with Crippen molar-refractivity contribution in [1.82, 2.24) is 14.9 Å². The first-order chi connectivity index (χ1) is 13.1. The molecule has 27 heavy (non-hydrogen) atoms. The van der Waals surface area contributed by atoms with Crippen molar-refractivity contribution in [2.45, 2.75) is 13.0 Å². The molecule has 140 valence electrons. The number of anilines is 2. The summed E-state index contributed by atoms with van der Waals surface area (Å²) in [7, 11) is 4.12. The number of likely N-dealkylation sites (N-methyl/N-ethyl adjacent to an activating group) is 1. The predicted octanol–water partition coefficient (Wildman–Crippen LogP) is 4.29. The van der Waals surface area contributed by atoms with Gasteiger partial charge in [-0.05, 0) is 26.6 Å². The molecule has 0 saturated carbocycles. The first kappa shape index (κ1) is 18.9. The van der Waals surface area contributed by atoms with Crippen molar-refractivity contribution >= 4 is 11.8 Å². The molecule has 0 aliphatic rings. The van der Waals surface area contributed by atoms with E-state index in [2.05, 4.69) is 65.8 Å². The Morgan fingerprint density at radius 3 is 2.26 bits per heavy atom. The SMILES string of the molecule is CC(Nc1nc(NCCN(C)C)cc(-c2ccccc2)n1)c1ccccc1. The molecule has 0 aliphatic heterocycles. The Morgan fingerprint density at radius 1 is 0.926 bits per heavy atom. The molecule has 0 bridgehead atoms. The van der Waals surface area contributed by atoms with Crippen LogP contribution in [0.1, 0.15) is 18.5 Å². The summed E-state index contributed by atoms with van der Waals surface area (Å²) >= 11 is 0. The summed E-state index contributed by atoms with van der Waals surface area (Å²) in [6, 6.07) is 22.6. The first-order valence-corrected chi connectivity index (χ1v) is 9.26. The van der Waals surface area contributed by atoms with Gasteiger partial charge in [0.1, 0.15) is 5.82 Å². The Labute approximate surface area is 161 Å². The lowest BCUT2D eigenvalue weighted by atomic mass is 10.1. The minimum Gasteiger partial charge on any atom is -0.369 e. The van der Waals surface area contributed by atoms with E-state index >= 15 is 0 Å². The van der Waals surface area contributed by atoms with Gasteiger partial charge in [-0.1, -0.05) is 60.7 Å². The molecule has 3 rings (SSSR count). The van der Waals surface area contributed by atoms with Crippen LogP contribution in [0.5, 0.6) is 0 Å². The molecule has 1 heterocycles. The van der Waals surface area contributed by atoms with E-state index in [0.717, 1.165) is 30.2 Å². The second-order valence-electron chi connectivity index (χ2n) is 6.83. The lowest BCUT2D eigenvalue weighted by molar-refractivity contribution is 0.425. The molecular formula is C22H27N5. The molecule has 0 radical (unpaired) electrons. The minimum absolute atomic E-state index is 0.117. The van der Waals surface area contributed by atoms with Gasteiger partial charge in [0.2, 0.25) is 5.95 Å². The maximum atomic E-state index is 4.74. The Hall–Kier alpha value is -2.92. The zero-order valence-corrected chi connectivity index (χ0v) is 16.2. The first-order valence-electron chi connectivity index (χ1n) is 9.26. The van der Waals surface area contributed by atoms with Gasteiger partial charge in [0, 0.05) is 24.7 Å². The van der Waals surface area contributed by atoms with Crippen LogP contribution < -0.4 is 10.6 Å². The average Bonchev–Trinajstić information content (AvgIpc) is 2.69. The van der Waals surface area contributed by atoms with Crippen LogP contribution in [0.2, 0.25) is 0 Å². The van der Waals surface area contributed by atoms with Crippen molar-refractivity contribution in [3.8, 4) is 11.3 Å². The quantitative estimate of drug-likeness (QED) is 0.627. The molecule has 0 amide bonds. The van der Waals surface area contributed by atoms with Crippen LogP contribution >= 0.6 is 0 Å². The third kappa shape index (κ3) is 5.53. The number of aromatic nitrogens is 2. The summed E-state index contributed by atoms with van der Waals surface area (Å²) in [6.45, 7) is 3.88. The fourth-order valence-electron chi connectivity index (χ4n) is 2.79. The van der Waals surface area contributed by atoms with Gasteiger partial charge >= 0.3 is 0 Å². The Bertz CT molecular complexity index is 834. The van der Waals surface area contributed by atoms with E-state index in [-0.39, 0.29) is 6.04 Å². The summed E-state index contributed by atoms with van der Waals surface area (Å²) in [5.41, 5.74) is 3.18. The van der Waals surface area contributed by atoms with Gasteiger partial charge in [-0.25, -0.2) is 4.98 Å². The molecule has 3 aromatic rings. The topological polar surface area (TPSA) is 53.1 Å². The number of hydrogen-bond donors (Lipinski definition) is 2. The summed E-state index contributed by atoms with van der Waals surface area (Å²) in [5, 5.41) is 6.84. The highest BCUT2D eigenvalue weighted by Gasteiger charge is 2.10. The fourth-order valence-corrected chi connectivity index (χ4v) is 2.79. The van der Waals surface area contributed by atoms with Crippen LogP contribution in [0.3, 0.4) is 0 Å². The lowest BCUT2D eigenvalue weighted by Crippen LogP contribution is -2.21. The number of rotatable bonds is 8. The maximum absolute atomic E-state index is 4.74. The Morgan fingerprint density at radius 2 is 1.59 bits per heavy atom. The van der Waals surface area contributed by atoms with Gasteiger partial charge in [-0.15, -0.1) is 0 Å². The van der Waals surface area contributed by atoms with Gasteiger partial charge in [0.25, 0.3) is 0 Å². The molecule has 5 nitrogen and oxygen atoms in total. The third-order valence-corrected chi connectivity index (χ3v) is 4.31. The van der Waals surface area contributed by atoms with E-state index in [4.69, 9.17) is 4.98 Å². The van der Waals surface area contributed by atoms with E-state index in [1.54, 1.807) is 0 Å². The monoisotopic (exact) mass is 361 g/mol. The van der Waals surface area contributed by atoms with Crippen molar-refractivity contribution in [2.24, 2.45) is 0 Å². The van der Waals surface area contributed by atoms with E-state index in [1.807, 2.05) is 42.5 Å². The minimum atomic E-state index is 0.117. The Balaban J connectivity index is 1.85. The second kappa shape index (κ2) is 9.14. The van der Waals surface area contributed by atoms with E-state index in [0.29, 0.717) is 5.95 Å². The standard InChI is InChI=1S/C22H27N5/c1-17(18-10-6-4-7-11-18)24-22-25-20(19-12-8-5-9-13-19)16-21(26-22)23-14-15-27(2)3/h4-13,16-17H,14-15H2,1-3H3,(H2,23,24,25,26). The average molecular weight is 361 g/mol. The zero-order valence-electron chi connectivity index (χ0n) is 16.2. The summed E-state index contributed by atoms with van der Waals surface area (Å²) in [5.74, 6) is 1.45. The number of nitrogens with zero attached hydrogens (tertiary/aromatic N) is 3. The van der Waals surface area contributed by atoms with Crippen molar-refractivity contribution in [3.63, 3.8) is 0 Å². The van der Waals surface area contributed by atoms with Crippen molar-refractivity contribution in [2.75, 3.05) is 37.8 Å². The van der Waals surface area contributed by atoms with Crippen molar-refractivity contribution in [3.05, 3.63) is 72.3 Å². The summed E-state index contributed by atoms with van der Waals surface area (Å²) in [6.07, 6.45) is 0. The molecule has 2 aromatic carbocycles. The normalized spacial score (nSPS) is 12.0. The summed E-state index contributed by atoms with van der Waals surface area (Å²) < 4.78 is 0. The van der Waals surface area contributed by atoms with Gasteiger partial charge in [-0.3, -0.25) is 0 Å². The van der Waals surface area contributed by atoms with Gasteiger partial charge in [0.15, 0.2) is 0 Å². The highest BCUT2D eigenvalue weighted by atomic mass is 15.2. The van der Waals surface area contributed by atoms with Crippen molar-refractivity contribution < 1.29 is 0 Å². The van der Waals surface area contributed by atoms with Crippen LogP contribution in [0.4, 0.5) is 11.8 Å². The highest BCUT2D eigenvalue weighted by Crippen LogP contribution is 2.23. The molecule has 0 aliphatic carbocycles. The largest absolute Gasteiger partial charge is 0.369 e. The van der Waals surface area contributed by atoms with Crippen LogP contribution in [-0.2, 0) is 0 Å². The molecule has 1 atom stereocenters. The smallest absolute Gasteiger partial charge is 0.225 e. The molecule has 0 fully saturated rings. The molecule has 5 heteroatoms. The van der Waals surface area contributed by atoms with Crippen LogP contribution in [-0.4, -0.2) is 42.1 Å². The van der Waals surface area contributed by atoms with Gasteiger partial charge in [-0.2, -0.15) is 4.98 Å². The summed E-state index contributed by atoms with van der Waals surface area (Å²) in [4.78, 5) is 11.6. The van der Waals surface area contributed by atoms with Crippen LogP contribution in [0.25, 0.3) is 11.3 Å². The second-order valence-corrected chi connectivity index (χ2v) is 6.83. The van der Waals surface area contributed by atoms with Gasteiger partial charge < -0.3 is 15.5 Å². The number of nitrogens with one attached hydrogen (secondary N) is 2. The van der Waals surface area contributed by atoms with Gasteiger partial charge in [0.05, 0.1) is 11.7 Å². The lowest BCUT2D eigenvalue weighted by Gasteiger charge is -2.17. The highest BCUT2D eigenvalue weighted by molar-refractivity contribution is 5.64. The number of benzene rings is 2. The van der Waals surface area contributed by atoms with Crippen LogP contribution in [0.15, 0.2) is 66.7 Å². The maximum Gasteiger partial charge on any atom is 0.225 e. The Kier molecular flexibility index (Phi) is 6.39. The zero-order chi connectivity index (χ0) is 19.1. The molecule has 0 spiro atoms. The van der Waals surface area contributed by atoms with E-state index in [9.17, 15) is 0 Å². The molecule has 0 saturated heterocycles. The van der Waals surface area contributed by atoms with Crippen LogP contribution in [0, 0.1) is 0 Å². The fraction of sp³-hybridized carbons (Fsp3) is 0.273. The molecule has 1 aromatic heterocycles. The molecule has 1 unspecified atom stereocenters.